The molecule has 2 aromatic carbocycles. The average molecular weight is 439 g/mol. The van der Waals surface area contributed by atoms with Crippen LogP contribution in [0.4, 0.5) is 0 Å². The summed E-state index contributed by atoms with van der Waals surface area (Å²) in [5.41, 5.74) is 2.19. The molecule has 0 saturated carbocycles. The highest BCUT2D eigenvalue weighted by atomic mass is 16.5. The number of aromatic nitrogens is 1. The van der Waals surface area contributed by atoms with Gasteiger partial charge in [-0.15, -0.1) is 0 Å². The first kappa shape index (κ1) is 23.2. The van der Waals surface area contributed by atoms with Gasteiger partial charge in [0.2, 0.25) is 0 Å². The zero-order chi connectivity index (χ0) is 23.3. The Hall–Kier alpha value is -3.48. The quantitative estimate of drug-likeness (QED) is 0.545. The van der Waals surface area contributed by atoms with E-state index in [9.17, 15) is 9.59 Å². The van der Waals surface area contributed by atoms with Crippen LogP contribution in [0.3, 0.4) is 0 Å². The highest BCUT2D eigenvalue weighted by Gasteiger charge is 2.18. The summed E-state index contributed by atoms with van der Waals surface area (Å²) in [5, 5.41) is 3.89. The van der Waals surface area contributed by atoms with Crippen LogP contribution in [0.25, 0.3) is 10.8 Å². The van der Waals surface area contributed by atoms with E-state index in [2.05, 4.69) is 5.32 Å². The van der Waals surface area contributed by atoms with E-state index in [0.717, 1.165) is 23.3 Å². The van der Waals surface area contributed by atoms with Crippen molar-refractivity contribution < 1.29 is 19.0 Å². The van der Waals surface area contributed by atoms with Crippen LogP contribution < -0.4 is 25.1 Å². The minimum Gasteiger partial charge on any atom is -0.493 e. The Morgan fingerprint density at radius 3 is 2.31 bits per heavy atom. The summed E-state index contributed by atoms with van der Waals surface area (Å²) in [4.78, 5) is 26.1. The Bertz CT molecular complexity index is 1180. The number of nitrogens with one attached hydrogen (secondary N) is 1. The van der Waals surface area contributed by atoms with E-state index >= 15 is 0 Å². The summed E-state index contributed by atoms with van der Waals surface area (Å²) >= 11 is 0. The maximum absolute atomic E-state index is 13.2. The molecule has 0 radical (unpaired) electrons. The molecule has 0 atom stereocenters. The molecule has 0 aliphatic rings. The summed E-state index contributed by atoms with van der Waals surface area (Å²) in [7, 11) is 3.03. The third-order valence-corrected chi connectivity index (χ3v) is 5.30. The minimum atomic E-state index is -0.286. The van der Waals surface area contributed by atoms with Gasteiger partial charge in [-0.3, -0.25) is 9.59 Å². The largest absolute Gasteiger partial charge is 0.493 e. The molecule has 1 N–H and O–H groups in total. The first-order valence-electron chi connectivity index (χ1n) is 10.7. The Balaban J connectivity index is 2.00. The lowest BCUT2D eigenvalue weighted by molar-refractivity contribution is 0.0951. The normalized spacial score (nSPS) is 10.8. The molecule has 7 nitrogen and oxygen atoms in total. The van der Waals surface area contributed by atoms with Gasteiger partial charge in [0.1, 0.15) is 5.75 Å². The van der Waals surface area contributed by atoms with E-state index in [1.807, 2.05) is 39.0 Å². The fourth-order valence-corrected chi connectivity index (χ4v) is 3.56. The maximum Gasteiger partial charge on any atom is 0.258 e. The van der Waals surface area contributed by atoms with Gasteiger partial charge in [-0.25, -0.2) is 0 Å². The Morgan fingerprint density at radius 2 is 1.69 bits per heavy atom. The van der Waals surface area contributed by atoms with Gasteiger partial charge in [-0.2, -0.15) is 0 Å². The van der Waals surface area contributed by atoms with Gasteiger partial charge in [0.25, 0.3) is 11.5 Å². The van der Waals surface area contributed by atoms with Crippen molar-refractivity contribution >= 4 is 16.7 Å². The van der Waals surface area contributed by atoms with Crippen LogP contribution in [0, 0.1) is 6.92 Å². The molecule has 0 fully saturated rings. The molecular weight excluding hydrogens is 408 g/mol. The number of ether oxygens (including phenoxy) is 3. The van der Waals surface area contributed by atoms with E-state index < -0.39 is 0 Å². The smallest absolute Gasteiger partial charge is 0.258 e. The van der Waals surface area contributed by atoms with E-state index in [0.29, 0.717) is 47.5 Å². The van der Waals surface area contributed by atoms with Gasteiger partial charge >= 0.3 is 0 Å². The number of aryl methyl sites for hydroxylation is 2. The molecule has 0 bridgehead atoms. The van der Waals surface area contributed by atoms with Crippen molar-refractivity contribution in [1.82, 2.24) is 9.88 Å². The topological polar surface area (TPSA) is 78.8 Å². The molecular formula is C25H30N2O5. The van der Waals surface area contributed by atoms with E-state index in [4.69, 9.17) is 14.2 Å². The molecule has 1 aromatic heterocycles. The number of carbonyl (C=O) groups excluding carboxylic acids is 1. The zero-order valence-electron chi connectivity index (χ0n) is 19.3. The molecule has 32 heavy (non-hydrogen) atoms. The highest BCUT2D eigenvalue weighted by molar-refractivity contribution is 6.07. The fourth-order valence-electron chi connectivity index (χ4n) is 3.56. The standard InChI is InChI=1S/C25H30N2O5/c1-6-10-32-21-11-16(3)8-9-17(21)14-26-24(28)20-15-27(7-2)25(29)19-13-23(31-5)22(30-4)12-18(19)20/h8-9,11-13,15H,6-7,10,14H2,1-5H3,(H,26,28). The highest BCUT2D eigenvalue weighted by Crippen LogP contribution is 2.32. The Kier molecular flexibility index (Phi) is 7.41. The lowest BCUT2D eigenvalue weighted by Crippen LogP contribution is -2.27. The number of hydrogen-bond acceptors (Lipinski definition) is 5. The van der Waals surface area contributed by atoms with Gasteiger partial charge in [0.15, 0.2) is 11.5 Å². The molecule has 1 amide bonds. The van der Waals surface area contributed by atoms with Crippen molar-refractivity contribution in [2.24, 2.45) is 0 Å². The number of rotatable bonds is 9. The maximum atomic E-state index is 13.2. The molecule has 0 unspecified atom stereocenters. The van der Waals surface area contributed by atoms with Crippen molar-refractivity contribution in [3.8, 4) is 17.2 Å². The lowest BCUT2D eigenvalue weighted by atomic mass is 10.0. The second-order valence-electron chi connectivity index (χ2n) is 7.53. The third-order valence-electron chi connectivity index (χ3n) is 5.30. The van der Waals surface area contributed by atoms with Crippen LogP contribution in [-0.4, -0.2) is 31.3 Å². The fraction of sp³-hybridized carbons (Fsp3) is 0.360. The molecule has 0 spiro atoms. The second-order valence-corrected chi connectivity index (χ2v) is 7.53. The monoisotopic (exact) mass is 438 g/mol. The molecule has 3 rings (SSSR count). The summed E-state index contributed by atoms with van der Waals surface area (Å²) in [6, 6.07) is 9.22. The van der Waals surface area contributed by atoms with E-state index in [1.54, 1.807) is 18.3 Å². The van der Waals surface area contributed by atoms with Crippen LogP contribution in [0.1, 0.15) is 41.8 Å². The zero-order valence-corrected chi connectivity index (χ0v) is 19.3. The molecule has 3 aromatic rings. The first-order chi connectivity index (χ1) is 15.4. The molecule has 170 valence electrons. The molecule has 0 aliphatic carbocycles. The number of hydrogen-bond donors (Lipinski definition) is 1. The molecule has 0 aliphatic heterocycles. The third kappa shape index (κ3) is 4.72. The first-order valence-corrected chi connectivity index (χ1v) is 10.7. The van der Waals surface area contributed by atoms with E-state index in [-0.39, 0.29) is 11.5 Å². The number of pyridine rings is 1. The van der Waals surface area contributed by atoms with Crippen LogP contribution in [0.2, 0.25) is 0 Å². The summed E-state index contributed by atoms with van der Waals surface area (Å²) in [6.45, 7) is 7.27. The van der Waals surface area contributed by atoms with Gasteiger partial charge in [-0.05, 0) is 44.0 Å². The minimum absolute atomic E-state index is 0.186. The van der Waals surface area contributed by atoms with Crippen molar-refractivity contribution in [3.05, 3.63) is 63.6 Å². The van der Waals surface area contributed by atoms with Crippen molar-refractivity contribution in [3.63, 3.8) is 0 Å². The molecule has 1 heterocycles. The van der Waals surface area contributed by atoms with Gasteiger partial charge < -0.3 is 24.1 Å². The van der Waals surface area contributed by atoms with Crippen LogP contribution in [0.15, 0.2) is 41.3 Å². The number of methoxy groups -OCH3 is 2. The van der Waals surface area contributed by atoms with E-state index in [1.165, 1.54) is 18.8 Å². The van der Waals surface area contributed by atoms with Crippen LogP contribution >= 0.6 is 0 Å². The average Bonchev–Trinajstić information content (AvgIpc) is 2.81. The molecule has 0 saturated heterocycles. The number of benzene rings is 2. The van der Waals surface area contributed by atoms with Crippen molar-refractivity contribution in [2.45, 2.75) is 40.3 Å². The van der Waals surface area contributed by atoms with Crippen LogP contribution in [0.5, 0.6) is 17.2 Å². The summed E-state index contributed by atoms with van der Waals surface area (Å²) < 4.78 is 18.1. The summed E-state index contributed by atoms with van der Waals surface area (Å²) in [6.07, 6.45) is 2.49. The van der Waals surface area contributed by atoms with Crippen LogP contribution in [-0.2, 0) is 13.1 Å². The number of carbonyl (C=O) groups is 1. The second kappa shape index (κ2) is 10.2. The van der Waals surface area contributed by atoms with Gasteiger partial charge in [0, 0.05) is 30.2 Å². The van der Waals surface area contributed by atoms with Gasteiger partial charge in [0.05, 0.1) is 31.8 Å². The molecule has 7 heteroatoms. The Morgan fingerprint density at radius 1 is 1.00 bits per heavy atom. The number of fused-ring (bicyclic) bond motifs is 1. The predicted molar refractivity (Wildman–Crippen MR) is 125 cm³/mol. The Labute approximate surface area is 187 Å². The SMILES string of the molecule is CCCOc1cc(C)ccc1CNC(=O)c1cn(CC)c(=O)c2cc(OC)c(OC)cc12. The van der Waals surface area contributed by atoms with Crippen molar-refractivity contribution in [1.29, 1.82) is 0 Å². The van der Waals surface area contributed by atoms with Crippen molar-refractivity contribution in [2.75, 3.05) is 20.8 Å². The lowest BCUT2D eigenvalue weighted by Gasteiger charge is -2.15. The number of nitrogens with zero attached hydrogens (tertiary/aromatic N) is 1. The predicted octanol–water partition coefficient (Wildman–Crippen LogP) is 4.07. The number of amides is 1. The van der Waals surface area contributed by atoms with Gasteiger partial charge in [-0.1, -0.05) is 19.1 Å². The summed E-state index contributed by atoms with van der Waals surface area (Å²) in [5.74, 6) is 1.37.